The highest BCUT2D eigenvalue weighted by Crippen LogP contribution is 2.28. The number of aryl methyl sites for hydroxylation is 2. The molecule has 140 valence electrons. The molecule has 1 heterocycles. The molecule has 1 unspecified atom stereocenters. The van der Waals surface area contributed by atoms with Gasteiger partial charge in [-0.15, -0.1) is 0 Å². The van der Waals surface area contributed by atoms with Gasteiger partial charge in [0.05, 0.1) is 6.54 Å². The zero-order valence-corrected chi connectivity index (χ0v) is 15.6. The van der Waals surface area contributed by atoms with Crippen molar-refractivity contribution < 1.29 is 14.3 Å². The lowest BCUT2D eigenvalue weighted by molar-refractivity contribution is -0.122. The van der Waals surface area contributed by atoms with Crippen LogP contribution in [0.15, 0.2) is 15.5 Å². The molecule has 2 rings (SSSR count). The van der Waals surface area contributed by atoms with Crippen LogP contribution in [0.5, 0.6) is 0 Å². The van der Waals surface area contributed by atoms with Gasteiger partial charge in [-0.1, -0.05) is 0 Å². The standard InChI is InChI=1S/C18H30N4O3/c1-5-19-17(21-9-8-20-16(23)14-6-7-14)22-11-18(4,24)15-10-12(2)25-13(15)3/h10,14,24H,5-9,11H2,1-4H3,(H,20,23)(H2,19,21,22). The van der Waals surface area contributed by atoms with Crippen molar-refractivity contribution in [1.29, 1.82) is 0 Å². The summed E-state index contributed by atoms with van der Waals surface area (Å²) in [5.74, 6) is 2.45. The molecular formula is C18H30N4O3. The maximum Gasteiger partial charge on any atom is 0.223 e. The molecule has 1 aliphatic rings. The van der Waals surface area contributed by atoms with Crippen LogP contribution in [-0.2, 0) is 10.4 Å². The smallest absolute Gasteiger partial charge is 0.223 e. The van der Waals surface area contributed by atoms with E-state index in [2.05, 4.69) is 20.9 Å². The first-order valence-electron chi connectivity index (χ1n) is 8.93. The number of amides is 1. The Morgan fingerprint density at radius 1 is 1.32 bits per heavy atom. The summed E-state index contributed by atoms with van der Waals surface area (Å²) in [4.78, 5) is 16.1. The Kier molecular flexibility index (Phi) is 6.47. The van der Waals surface area contributed by atoms with Gasteiger partial charge >= 0.3 is 0 Å². The summed E-state index contributed by atoms with van der Waals surface area (Å²) >= 11 is 0. The third-order valence-electron chi connectivity index (χ3n) is 4.18. The van der Waals surface area contributed by atoms with Crippen molar-refractivity contribution in [3.05, 3.63) is 23.2 Å². The Morgan fingerprint density at radius 2 is 2.00 bits per heavy atom. The number of carbonyl (C=O) groups is 1. The van der Waals surface area contributed by atoms with Gasteiger partial charge in [-0.05, 0) is 46.6 Å². The molecule has 0 bridgehead atoms. The van der Waals surface area contributed by atoms with Gasteiger partial charge < -0.3 is 25.5 Å². The number of nitrogens with zero attached hydrogens (tertiary/aromatic N) is 1. The minimum atomic E-state index is -1.11. The summed E-state index contributed by atoms with van der Waals surface area (Å²) < 4.78 is 5.50. The number of carbonyl (C=O) groups excluding carboxylic acids is 1. The number of guanidine groups is 1. The van der Waals surface area contributed by atoms with E-state index in [0.717, 1.165) is 24.2 Å². The molecule has 25 heavy (non-hydrogen) atoms. The van der Waals surface area contributed by atoms with E-state index in [1.807, 2.05) is 26.8 Å². The molecule has 7 heteroatoms. The Labute approximate surface area is 149 Å². The van der Waals surface area contributed by atoms with Gasteiger partial charge in [-0.2, -0.15) is 0 Å². The molecule has 1 aromatic rings. The zero-order chi connectivity index (χ0) is 18.4. The van der Waals surface area contributed by atoms with Crippen LogP contribution in [0, 0.1) is 19.8 Å². The molecule has 0 radical (unpaired) electrons. The Morgan fingerprint density at radius 3 is 2.56 bits per heavy atom. The number of rotatable bonds is 8. The molecule has 1 amide bonds. The fourth-order valence-electron chi connectivity index (χ4n) is 2.68. The summed E-state index contributed by atoms with van der Waals surface area (Å²) in [6, 6.07) is 1.85. The van der Waals surface area contributed by atoms with Crippen LogP contribution < -0.4 is 16.0 Å². The lowest BCUT2D eigenvalue weighted by atomic mass is 9.96. The number of aliphatic hydroxyl groups is 1. The molecule has 1 fully saturated rings. The molecule has 0 saturated heterocycles. The second-order valence-corrected chi connectivity index (χ2v) is 6.79. The minimum Gasteiger partial charge on any atom is -0.466 e. The number of hydrogen-bond acceptors (Lipinski definition) is 4. The van der Waals surface area contributed by atoms with Crippen LogP contribution in [0.1, 0.15) is 43.8 Å². The molecule has 1 atom stereocenters. The predicted molar refractivity (Wildman–Crippen MR) is 97.5 cm³/mol. The maximum absolute atomic E-state index is 11.6. The van der Waals surface area contributed by atoms with Crippen LogP contribution >= 0.6 is 0 Å². The molecule has 0 aromatic carbocycles. The van der Waals surface area contributed by atoms with E-state index >= 15 is 0 Å². The van der Waals surface area contributed by atoms with Crippen molar-refractivity contribution in [3.63, 3.8) is 0 Å². The number of aliphatic imine (C=N–C) groups is 1. The third-order valence-corrected chi connectivity index (χ3v) is 4.18. The van der Waals surface area contributed by atoms with Crippen LogP contribution in [-0.4, -0.2) is 43.2 Å². The van der Waals surface area contributed by atoms with Gasteiger partial charge in [0.2, 0.25) is 5.91 Å². The first kappa shape index (κ1) is 19.3. The van der Waals surface area contributed by atoms with Gasteiger partial charge in [0.1, 0.15) is 17.1 Å². The molecule has 1 aliphatic carbocycles. The van der Waals surface area contributed by atoms with E-state index in [9.17, 15) is 9.90 Å². The number of nitrogens with one attached hydrogen (secondary N) is 3. The van der Waals surface area contributed by atoms with Crippen LogP contribution in [0.25, 0.3) is 0 Å². The van der Waals surface area contributed by atoms with Crippen LogP contribution in [0.3, 0.4) is 0 Å². The Hall–Kier alpha value is -2.02. The Balaban J connectivity index is 1.86. The zero-order valence-electron chi connectivity index (χ0n) is 15.6. The molecule has 0 aliphatic heterocycles. The lowest BCUT2D eigenvalue weighted by Gasteiger charge is -2.21. The van der Waals surface area contributed by atoms with Gasteiger partial charge in [0.15, 0.2) is 5.96 Å². The van der Waals surface area contributed by atoms with Crippen LogP contribution in [0.4, 0.5) is 0 Å². The highest BCUT2D eigenvalue weighted by atomic mass is 16.3. The van der Waals surface area contributed by atoms with E-state index in [1.165, 1.54) is 0 Å². The minimum absolute atomic E-state index is 0.137. The van der Waals surface area contributed by atoms with Crippen molar-refractivity contribution in [3.8, 4) is 0 Å². The molecule has 1 aromatic heterocycles. The summed E-state index contributed by atoms with van der Waals surface area (Å²) in [5, 5.41) is 19.9. The van der Waals surface area contributed by atoms with E-state index in [-0.39, 0.29) is 18.4 Å². The van der Waals surface area contributed by atoms with E-state index in [4.69, 9.17) is 4.42 Å². The molecular weight excluding hydrogens is 320 g/mol. The second-order valence-electron chi connectivity index (χ2n) is 6.79. The SMILES string of the molecule is CCNC(=NCC(C)(O)c1cc(C)oc1C)NCCNC(=O)C1CC1. The summed E-state index contributed by atoms with van der Waals surface area (Å²) in [7, 11) is 0. The Bertz CT molecular complexity index is 618. The second kappa shape index (κ2) is 8.38. The first-order chi connectivity index (χ1) is 11.8. The van der Waals surface area contributed by atoms with Crippen molar-refractivity contribution in [1.82, 2.24) is 16.0 Å². The molecule has 1 saturated carbocycles. The van der Waals surface area contributed by atoms with Gasteiger partial charge in [-0.25, -0.2) is 4.99 Å². The average Bonchev–Trinajstić information content (AvgIpc) is 3.33. The van der Waals surface area contributed by atoms with Crippen LogP contribution in [0.2, 0.25) is 0 Å². The van der Waals surface area contributed by atoms with Crippen molar-refractivity contribution >= 4 is 11.9 Å². The van der Waals surface area contributed by atoms with Crippen molar-refractivity contribution in [2.45, 2.75) is 46.1 Å². The van der Waals surface area contributed by atoms with Crippen molar-refractivity contribution in [2.75, 3.05) is 26.2 Å². The summed E-state index contributed by atoms with van der Waals surface area (Å²) in [6.45, 7) is 9.46. The van der Waals surface area contributed by atoms with E-state index in [1.54, 1.807) is 6.92 Å². The molecule has 7 nitrogen and oxygen atoms in total. The van der Waals surface area contributed by atoms with Gasteiger partial charge in [0, 0.05) is 31.1 Å². The number of hydrogen-bond donors (Lipinski definition) is 4. The van der Waals surface area contributed by atoms with E-state index < -0.39 is 5.60 Å². The average molecular weight is 350 g/mol. The van der Waals surface area contributed by atoms with Crippen molar-refractivity contribution in [2.24, 2.45) is 10.9 Å². The van der Waals surface area contributed by atoms with Gasteiger partial charge in [0.25, 0.3) is 0 Å². The fourth-order valence-corrected chi connectivity index (χ4v) is 2.68. The normalized spacial score (nSPS) is 17.1. The molecule has 4 N–H and O–H groups in total. The molecule has 0 spiro atoms. The topological polar surface area (TPSA) is 98.9 Å². The highest BCUT2D eigenvalue weighted by molar-refractivity contribution is 5.81. The summed E-state index contributed by atoms with van der Waals surface area (Å²) in [5.41, 5.74) is -0.356. The highest BCUT2D eigenvalue weighted by Gasteiger charge is 2.29. The summed E-state index contributed by atoms with van der Waals surface area (Å²) in [6.07, 6.45) is 2.01. The lowest BCUT2D eigenvalue weighted by Crippen LogP contribution is -2.42. The van der Waals surface area contributed by atoms with Gasteiger partial charge in [-0.3, -0.25) is 4.79 Å². The quantitative estimate of drug-likeness (QED) is 0.321. The van der Waals surface area contributed by atoms with E-state index in [0.29, 0.717) is 31.4 Å². The third kappa shape index (κ3) is 5.77. The maximum atomic E-state index is 11.6. The number of furan rings is 1. The largest absolute Gasteiger partial charge is 0.466 e. The fraction of sp³-hybridized carbons (Fsp3) is 0.667. The monoisotopic (exact) mass is 350 g/mol. The first-order valence-corrected chi connectivity index (χ1v) is 8.93. The predicted octanol–water partition coefficient (Wildman–Crippen LogP) is 1.19.